The Bertz CT molecular complexity index is 611. The van der Waals surface area contributed by atoms with Gasteiger partial charge in [0, 0.05) is 24.2 Å². The Kier molecular flexibility index (Phi) is 4.85. The van der Waals surface area contributed by atoms with Crippen LogP contribution in [0.4, 0.5) is 5.69 Å². The zero-order valence-corrected chi connectivity index (χ0v) is 12.5. The van der Waals surface area contributed by atoms with Crippen molar-refractivity contribution in [2.75, 3.05) is 6.54 Å². The van der Waals surface area contributed by atoms with Gasteiger partial charge in [0.2, 0.25) is 10.0 Å². The summed E-state index contributed by atoms with van der Waals surface area (Å²) in [5.74, 6) is 0. The van der Waals surface area contributed by atoms with E-state index in [1.54, 1.807) is 20.8 Å². The summed E-state index contributed by atoms with van der Waals surface area (Å²) in [6.07, 6.45) is 0.456. The van der Waals surface area contributed by atoms with Gasteiger partial charge in [0.15, 0.2) is 0 Å². The number of aryl methyl sites for hydroxylation is 1. The van der Waals surface area contributed by atoms with Gasteiger partial charge in [-0.25, -0.2) is 13.1 Å². The second-order valence-electron chi connectivity index (χ2n) is 5.10. The maximum absolute atomic E-state index is 12.4. The van der Waals surface area contributed by atoms with Crippen molar-refractivity contribution in [3.8, 4) is 0 Å². The van der Waals surface area contributed by atoms with Crippen molar-refractivity contribution in [1.82, 2.24) is 4.72 Å². The van der Waals surface area contributed by atoms with Gasteiger partial charge in [-0.2, -0.15) is 0 Å². The Morgan fingerprint density at radius 1 is 1.40 bits per heavy atom. The van der Waals surface area contributed by atoms with Gasteiger partial charge in [-0.3, -0.25) is 10.1 Å². The number of rotatable bonds is 6. The molecule has 0 saturated carbocycles. The van der Waals surface area contributed by atoms with Crippen LogP contribution in [-0.4, -0.2) is 25.4 Å². The zero-order chi connectivity index (χ0) is 15.6. The summed E-state index contributed by atoms with van der Waals surface area (Å²) in [6, 6.07) is 3.84. The van der Waals surface area contributed by atoms with E-state index in [0.29, 0.717) is 12.0 Å². The molecular weight excluding hydrogens is 282 g/mol. The molecule has 0 aliphatic carbocycles. The van der Waals surface area contributed by atoms with Gasteiger partial charge in [-0.15, -0.1) is 0 Å². The zero-order valence-electron chi connectivity index (χ0n) is 11.7. The van der Waals surface area contributed by atoms with E-state index < -0.39 is 20.5 Å². The number of nitrogens with two attached hydrogens (primary N) is 1. The fourth-order valence-electron chi connectivity index (χ4n) is 1.66. The van der Waals surface area contributed by atoms with Crippen molar-refractivity contribution in [1.29, 1.82) is 0 Å². The van der Waals surface area contributed by atoms with Crippen LogP contribution in [0.3, 0.4) is 0 Å². The smallest absolute Gasteiger partial charge is 0.270 e. The molecule has 1 aromatic rings. The van der Waals surface area contributed by atoms with Gasteiger partial charge in [-0.05, 0) is 25.8 Å². The lowest BCUT2D eigenvalue weighted by Crippen LogP contribution is -2.48. The standard InChI is InChI=1S/C12H19N3O4S/c1-4-9-5-6-10(15(16)17)7-11(9)20(18,19)14-12(2,3)8-13/h5-7,14H,4,8,13H2,1-3H3. The van der Waals surface area contributed by atoms with Gasteiger partial charge in [0.1, 0.15) is 0 Å². The van der Waals surface area contributed by atoms with Crippen molar-refractivity contribution < 1.29 is 13.3 Å². The average Bonchev–Trinajstić information content (AvgIpc) is 2.36. The third kappa shape index (κ3) is 3.75. The van der Waals surface area contributed by atoms with Crippen LogP contribution >= 0.6 is 0 Å². The minimum Gasteiger partial charge on any atom is -0.329 e. The topological polar surface area (TPSA) is 115 Å². The molecule has 0 unspecified atom stereocenters. The van der Waals surface area contributed by atoms with Gasteiger partial charge in [-0.1, -0.05) is 13.0 Å². The van der Waals surface area contributed by atoms with Gasteiger partial charge >= 0.3 is 0 Å². The van der Waals surface area contributed by atoms with E-state index in [1.165, 1.54) is 12.1 Å². The summed E-state index contributed by atoms with van der Waals surface area (Å²) in [4.78, 5) is 10.1. The fraction of sp³-hybridized carbons (Fsp3) is 0.500. The summed E-state index contributed by atoms with van der Waals surface area (Å²) in [6.45, 7) is 5.19. The molecule has 0 aromatic heterocycles. The van der Waals surface area contributed by atoms with Crippen molar-refractivity contribution in [3.05, 3.63) is 33.9 Å². The van der Waals surface area contributed by atoms with Crippen LogP contribution in [0.25, 0.3) is 0 Å². The number of non-ortho nitro benzene ring substituents is 1. The van der Waals surface area contributed by atoms with Crippen LogP contribution in [0.2, 0.25) is 0 Å². The third-order valence-electron chi connectivity index (χ3n) is 2.85. The van der Waals surface area contributed by atoms with Crippen molar-refractivity contribution in [2.24, 2.45) is 5.73 Å². The molecule has 112 valence electrons. The second-order valence-corrected chi connectivity index (χ2v) is 6.75. The molecule has 0 amide bonds. The molecule has 0 aliphatic rings. The van der Waals surface area contributed by atoms with Crippen LogP contribution < -0.4 is 10.5 Å². The molecule has 8 heteroatoms. The predicted octanol–water partition coefficient (Wildman–Crippen LogP) is 1.17. The molecular formula is C12H19N3O4S. The largest absolute Gasteiger partial charge is 0.329 e. The van der Waals surface area contributed by atoms with Gasteiger partial charge in [0.25, 0.3) is 5.69 Å². The van der Waals surface area contributed by atoms with E-state index in [4.69, 9.17) is 5.73 Å². The molecule has 20 heavy (non-hydrogen) atoms. The number of hydrogen-bond acceptors (Lipinski definition) is 5. The minimum atomic E-state index is -3.86. The second kappa shape index (κ2) is 5.86. The fourth-order valence-corrected chi connectivity index (χ4v) is 3.41. The van der Waals surface area contributed by atoms with Crippen LogP contribution in [0, 0.1) is 10.1 Å². The Labute approximate surface area is 118 Å². The highest BCUT2D eigenvalue weighted by atomic mass is 32.2. The first-order valence-electron chi connectivity index (χ1n) is 6.14. The van der Waals surface area contributed by atoms with Gasteiger partial charge < -0.3 is 5.73 Å². The number of nitro benzene ring substituents is 1. The molecule has 0 aliphatic heterocycles. The van der Waals surface area contributed by atoms with E-state index in [9.17, 15) is 18.5 Å². The van der Waals surface area contributed by atoms with Gasteiger partial charge in [0.05, 0.1) is 9.82 Å². The maximum atomic E-state index is 12.4. The lowest BCUT2D eigenvalue weighted by molar-refractivity contribution is -0.385. The van der Waals surface area contributed by atoms with Crippen molar-refractivity contribution in [2.45, 2.75) is 37.6 Å². The quantitative estimate of drug-likeness (QED) is 0.604. The number of nitrogens with one attached hydrogen (secondary N) is 1. The van der Waals surface area contributed by atoms with E-state index in [0.717, 1.165) is 6.07 Å². The Morgan fingerprint density at radius 2 is 2.00 bits per heavy atom. The summed E-state index contributed by atoms with van der Waals surface area (Å²) in [5.41, 5.74) is 4.95. The Hall–Kier alpha value is -1.51. The molecule has 0 atom stereocenters. The van der Waals surface area contributed by atoms with Crippen molar-refractivity contribution >= 4 is 15.7 Å². The summed E-state index contributed by atoms with van der Waals surface area (Å²) in [5, 5.41) is 10.8. The molecule has 3 N–H and O–H groups in total. The Morgan fingerprint density at radius 3 is 2.45 bits per heavy atom. The normalized spacial score (nSPS) is 12.4. The van der Waals surface area contributed by atoms with E-state index in [2.05, 4.69) is 4.72 Å². The summed E-state index contributed by atoms with van der Waals surface area (Å²) in [7, 11) is -3.86. The molecule has 0 saturated heterocycles. The number of nitro groups is 1. The maximum Gasteiger partial charge on any atom is 0.270 e. The van der Waals surface area contributed by atoms with Crippen LogP contribution in [-0.2, 0) is 16.4 Å². The first-order chi connectivity index (χ1) is 9.13. The lowest BCUT2D eigenvalue weighted by Gasteiger charge is -2.24. The first-order valence-corrected chi connectivity index (χ1v) is 7.62. The minimum absolute atomic E-state index is 0.0734. The summed E-state index contributed by atoms with van der Waals surface area (Å²) < 4.78 is 27.2. The molecule has 0 heterocycles. The SMILES string of the molecule is CCc1ccc([N+](=O)[O-])cc1S(=O)(=O)NC(C)(C)CN. The van der Waals surface area contributed by atoms with E-state index in [-0.39, 0.29) is 17.1 Å². The third-order valence-corrected chi connectivity index (χ3v) is 4.63. The average molecular weight is 301 g/mol. The highest BCUT2D eigenvalue weighted by Gasteiger charge is 2.28. The first kappa shape index (κ1) is 16.5. The molecule has 0 radical (unpaired) electrons. The van der Waals surface area contributed by atoms with E-state index in [1.807, 2.05) is 0 Å². The van der Waals surface area contributed by atoms with E-state index >= 15 is 0 Å². The molecule has 1 rings (SSSR count). The van der Waals surface area contributed by atoms with Crippen LogP contribution in [0.15, 0.2) is 23.1 Å². The number of nitrogens with zero attached hydrogens (tertiary/aromatic N) is 1. The molecule has 0 bridgehead atoms. The molecule has 1 aromatic carbocycles. The summed E-state index contributed by atoms with van der Waals surface area (Å²) >= 11 is 0. The Balaban J connectivity index is 3.36. The number of benzene rings is 1. The van der Waals surface area contributed by atoms with Crippen LogP contribution in [0.1, 0.15) is 26.3 Å². The number of hydrogen-bond donors (Lipinski definition) is 2. The highest BCUT2D eigenvalue weighted by molar-refractivity contribution is 7.89. The van der Waals surface area contributed by atoms with Crippen molar-refractivity contribution in [3.63, 3.8) is 0 Å². The monoisotopic (exact) mass is 301 g/mol. The molecule has 0 spiro atoms. The predicted molar refractivity (Wildman–Crippen MR) is 75.9 cm³/mol. The highest BCUT2D eigenvalue weighted by Crippen LogP contribution is 2.23. The molecule has 0 fully saturated rings. The number of sulfonamides is 1. The molecule has 7 nitrogen and oxygen atoms in total. The van der Waals surface area contributed by atoms with Crippen LogP contribution in [0.5, 0.6) is 0 Å². The lowest BCUT2D eigenvalue weighted by atomic mass is 10.1.